The van der Waals surface area contributed by atoms with E-state index in [1.165, 1.54) is 24.5 Å². The van der Waals surface area contributed by atoms with E-state index in [0.717, 1.165) is 10.9 Å². The van der Waals surface area contributed by atoms with Crippen molar-refractivity contribution in [2.45, 2.75) is 13.3 Å². The minimum Gasteiger partial charge on any atom is -0.454 e. The van der Waals surface area contributed by atoms with E-state index in [4.69, 9.17) is 9.15 Å². The van der Waals surface area contributed by atoms with Crippen molar-refractivity contribution in [2.75, 3.05) is 13.7 Å². The summed E-state index contributed by atoms with van der Waals surface area (Å²) in [5, 5.41) is 2.80. The molecule has 0 aliphatic carbocycles. The molecule has 2 aromatic rings. The number of oxazole rings is 1. The number of carbonyl (C=O) groups is 1. The average molecular weight is 339 g/mol. The Balaban J connectivity index is 1.89. The monoisotopic (exact) mass is 338 g/mol. The molecule has 0 atom stereocenters. The van der Waals surface area contributed by atoms with Gasteiger partial charge in [0.15, 0.2) is 5.69 Å². The smallest absolute Gasteiger partial charge is 0.393 e. The van der Waals surface area contributed by atoms with Crippen LogP contribution in [-0.2, 0) is 6.42 Å². The molecule has 0 aliphatic rings. The zero-order chi connectivity index (χ0) is 14.5. The van der Waals surface area contributed by atoms with Crippen LogP contribution < -0.4 is 10.1 Å². The first-order valence-electron chi connectivity index (χ1n) is 6.13. The fraction of sp³-hybridized carbons (Fsp3) is 0.286. The summed E-state index contributed by atoms with van der Waals surface area (Å²) < 4.78 is 10.8. The molecule has 1 N–H and O–H groups in total. The maximum absolute atomic E-state index is 11.8. The molecule has 1 amide bonds. The van der Waals surface area contributed by atoms with Gasteiger partial charge >= 0.3 is 6.08 Å². The molecule has 0 radical (unpaired) electrons. The highest BCUT2D eigenvalue weighted by Gasteiger charge is 2.12. The van der Waals surface area contributed by atoms with Gasteiger partial charge in [-0.25, -0.2) is 0 Å². The van der Waals surface area contributed by atoms with Gasteiger partial charge in [-0.3, -0.25) is 4.79 Å². The van der Waals surface area contributed by atoms with Crippen molar-refractivity contribution >= 4 is 21.8 Å². The Morgan fingerprint density at radius 1 is 1.50 bits per heavy atom. The summed E-state index contributed by atoms with van der Waals surface area (Å²) in [5.74, 6) is -0.273. The normalized spacial score (nSPS) is 10.3. The first kappa shape index (κ1) is 14.6. The number of hydrogen-bond acceptors (Lipinski definition) is 4. The van der Waals surface area contributed by atoms with Gasteiger partial charge in [0.25, 0.3) is 5.91 Å². The Morgan fingerprint density at radius 2 is 2.30 bits per heavy atom. The standard InChI is InChI=1S/C14H15BrN2O3/c1-9-10(4-3-5-11(9)15)6-7-16-13(18)12-8-20-14(17-12)19-2/h3-5,8H,6-7H2,1-2H3,(H,16,18). The number of amides is 1. The number of aromatic nitrogens is 1. The Labute approximate surface area is 125 Å². The van der Waals surface area contributed by atoms with Crippen molar-refractivity contribution in [3.63, 3.8) is 0 Å². The van der Waals surface area contributed by atoms with Crippen LogP contribution in [0.15, 0.2) is 33.4 Å². The number of methoxy groups -OCH3 is 1. The van der Waals surface area contributed by atoms with Crippen LogP contribution in [0.5, 0.6) is 6.08 Å². The van der Waals surface area contributed by atoms with Gasteiger partial charge in [-0.15, -0.1) is 0 Å². The Morgan fingerprint density at radius 3 is 3.00 bits per heavy atom. The third-order valence-corrected chi connectivity index (χ3v) is 3.81. The lowest BCUT2D eigenvalue weighted by Crippen LogP contribution is -2.26. The van der Waals surface area contributed by atoms with Gasteiger partial charge in [-0.05, 0) is 30.5 Å². The molecule has 0 fully saturated rings. The Kier molecular flexibility index (Phi) is 4.79. The van der Waals surface area contributed by atoms with Crippen LogP contribution in [0.3, 0.4) is 0 Å². The van der Waals surface area contributed by atoms with Gasteiger partial charge in [-0.1, -0.05) is 28.1 Å². The van der Waals surface area contributed by atoms with Crippen molar-refractivity contribution in [3.8, 4) is 6.08 Å². The SMILES string of the molecule is COc1nc(C(=O)NCCc2cccc(Br)c2C)co1. The van der Waals surface area contributed by atoms with Crippen LogP contribution in [-0.4, -0.2) is 24.5 Å². The van der Waals surface area contributed by atoms with Crippen molar-refractivity contribution in [1.82, 2.24) is 10.3 Å². The number of hydrogen-bond donors (Lipinski definition) is 1. The number of carbonyl (C=O) groups excluding carboxylic acids is 1. The molecular weight excluding hydrogens is 324 g/mol. The summed E-state index contributed by atoms with van der Waals surface area (Å²) in [6.45, 7) is 2.58. The maximum atomic E-state index is 11.8. The topological polar surface area (TPSA) is 64.4 Å². The molecule has 6 heteroatoms. The zero-order valence-electron chi connectivity index (χ0n) is 11.3. The van der Waals surface area contributed by atoms with E-state index < -0.39 is 0 Å². The van der Waals surface area contributed by atoms with Crippen molar-refractivity contribution < 1.29 is 13.9 Å². The van der Waals surface area contributed by atoms with Gasteiger partial charge in [0.1, 0.15) is 6.26 Å². The molecule has 0 aliphatic heterocycles. The second-order valence-electron chi connectivity index (χ2n) is 4.23. The third kappa shape index (κ3) is 3.39. The molecular formula is C14H15BrN2O3. The predicted molar refractivity (Wildman–Crippen MR) is 78.0 cm³/mol. The van der Waals surface area contributed by atoms with Crippen LogP contribution >= 0.6 is 15.9 Å². The largest absolute Gasteiger partial charge is 0.454 e. The van der Waals surface area contributed by atoms with Crippen molar-refractivity contribution in [2.24, 2.45) is 0 Å². The lowest BCUT2D eigenvalue weighted by atomic mass is 10.1. The van der Waals surface area contributed by atoms with E-state index in [1.54, 1.807) is 0 Å². The molecule has 0 bridgehead atoms. The molecule has 2 rings (SSSR count). The van der Waals surface area contributed by atoms with E-state index >= 15 is 0 Å². The first-order valence-corrected chi connectivity index (χ1v) is 6.93. The molecule has 20 heavy (non-hydrogen) atoms. The molecule has 0 spiro atoms. The summed E-state index contributed by atoms with van der Waals surface area (Å²) in [5.41, 5.74) is 2.59. The van der Waals surface area contributed by atoms with E-state index in [1.807, 2.05) is 25.1 Å². The van der Waals surface area contributed by atoms with Crippen LogP contribution in [0.25, 0.3) is 0 Å². The molecule has 1 aromatic heterocycles. The molecule has 106 valence electrons. The van der Waals surface area contributed by atoms with Crippen molar-refractivity contribution in [1.29, 1.82) is 0 Å². The average Bonchev–Trinajstić information content (AvgIpc) is 2.92. The predicted octanol–water partition coefficient (Wildman–Crippen LogP) is 2.73. The molecule has 0 saturated carbocycles. The zero-order valence-corrected chi connectivity index (χ0v) is 12.9. The van der Waals surface area contributed by atoms with Crippen molar-refractivity contribution in [3.05, 3.63) is 45.8 Å². The number of nitrogens with zero attached hydrogens (tertiary/aromatic N) is 1. The highest BCUT2D eigenvalue weighted by Crippen LogP contribution is 2.19. The molecule has 1 heterocycles. The highest BCUT2D eigenvalue weighted by atomic mass is 79.9. The quantitative estimate of drug-likeness (QED) is 0.910. The number of rotatable bonds is 5. The van der Waals surface area contributed by atoms with Gasteiger partial charge in [0.2, 0.25) is 0 Å². The second kappa shape index (κ2) is 6.56. The van der Waals surface area contributed by atoms with E-state index in [2.05, 4.69) is 26.2 Å². The van der Waals surface area contributed by atoms with Gasteiger partial charge in [-0.2, -0.15) is 4.98 Å². The molecule has 0 saturated heterocycles. The lowest BCUT2D eigenvalue weighted by molar-refractivity contribution is 0.0949. The lowest BCUT2D eigenvalue weighted by Gasteiger charge is -2.08. The van der Waals surface area contributed by atoms with E-state index in [-0.39, 0.29) is 17.7 Å². The Bertz CT molecular complexity index is 610. The van der Waals surface area contributed by atoms with E-state index in [0.29, 0.717) is 6.54 Å². The van der Waals surface area contributed by atoms with Crippen LogP contribution in [0.2, 0.25) is 0 Å². The van der Waals surface area contributed by atoms with E-state index in [9.17, 15) is 4.79 Å². The van der Waals surface area contributed by atoms with Gasteiger partial charge < -0.3 is 14.5 Å². The maximum Gasteiger partial charge on any atom is 0.393 e. The summed E-state index contributed by atoms with van der Waals surface area (Å²) in [6, 6.07) is 6.03. The number of halogens is 1. The summed E-state index contributed by atoms with van der Waals surface area (Å²) in [4.78, 5) is 15.7. The first-order chi connectivity index (χ1) is 9.61. The van der Waals surface area contributed by atoms with Crippen LogP contribution in [0.1, 0.15) is 21.6 Å². The fourth-order valence-electron chi connectivity index (χ4n) is 1.78. The third-order valence-electron chi connectivity index (χ3n) is 2.95. The van der Waals surface area contributed by atoms with Gasteiger partial charge in [0, 0.05) is 11.0 Å². The summed E-state index contributed by atoms with van der Waals surface area (Å²) in [7, 11) is 1.43. The fourth-order valence-corrected chi connectivity index (χ4v) is 2.19. The summed E-state index contributed by atoms with van der Waals surface area (Å²) in [6.07, 6.45) is 2.11. The minimum atomic E-state index is -0.273. The van der Waals surface area contributed by atoms with Crippen LogP contribution in [0.4, 0.5) is 0 Å². The highest BCUT2D eigenvalue weighted by molar-refractivity contribution is 9.10. The Hall–Kier alpha value is -1.82. The summed E-state index contributed by atoms with van der Waals surface area (Å²) >= 11 is 3.49. The number of nitrogens with one attached hydrogen (secondary N) is 1. The molecule has 1 aromatic carbocycles. The number of ether oxygens (including phenoxy) is 1. The molecule has 5 nitrogen and oxygen atoms in total. The van der Waals surface area contributed by atoms with Crippen LogP contribution in [0, 0.1) is 6.92 Å². The molecule has 0 unspecified atom stereocenters. The van der Waals surface area contributed by atoms with Gasteiger partial charge in [0.05, 0.1) is 7.11 Å². The second-order valence-corrected chi connectivity index (χ2v) is 5.09. The number of benzene rings is 1. The minimum absolute atomic E-state index is 0.0815.